The van der Waals surface area contributed by atoms with Gasteiger partial charge in [0.1, 0.15) is 5.78 Å². The summed E-state index contributed by atoms with van der Waals surface area (Å²) in [6, 6.07) is 4.78. The van der Waals surface area contributed by atoms with Crippen LogP contribution >= 0.6 is 0 Å². The number of likely N-dealkylation sites (tertiary alicyclic amines) is 9. The zero-order valence-corrected chi connectivity index (χ0v) is 68.1. The Balaban J connectivity index is 0.000000286. The molecule has 0 bridgehead atoms. The van der Waals surface area contributed by atoms with E-state index in [4.69, 9.17) is 14.2 Å². The van der Waals surface area contributed by atoms with Crippen molar-refractivity contribution in [2.24, 2.45) is 58.2 Å². The maximum Gasteiger partial charge on any atom is 0.219 e. The van der Waals surface area contributed by atoms with Crippen LogP contribution in [-0.4, -0.2) is 264 Å². The highest BCUT2D eigenvalue weighted by molar-refractivity contribution is 5.81. The Kier molecular flexibility index (Phi) is 44.3. The largest absolute Gasteiger partial charge is 0.383 e. The molecule has 0 aromatic heterocycles. The number of ketones is 1. The molecule has 10 rings (SSSR count). The second kappa shape index (κ2) is 47.9. The number of hydrogen-bond donors (Lipinski definition) is 0. The Morgan fingerprint density at radius 2 is 0.615 bits per heavy atom. The van der Waals surface area contributed by atoms with E-state index < -0.39 is 0 Å². The van der Waals surface area contributed by atoms with Crippen molar-refractivity contribution >= 4 is 11.7 Å². The molecule has 2 spiro atoms. The van der Waals surface area contributed by atoms with Crippen LogP contribution in [0, 0.1) is 58.2 Å². The fourth-order valence-electron chi connectivity index (χ4n) is 17.7. The van der Waals surface area contributed by atoms with Crippen LogP contribution in [0.5, 0.6) is 0 Å². The van der Waals surface area contributed by atoms with Crippen LogP contribution < -0.4 is 0 Å². The molecule has 1 saturated carbocycles. The predicted octanol–water partition coefficient (Wildman–Crippen LogP) is 15.3. The van der Waals surface area contributed by atoms with Gasteiger partial charge in [0.2, 0.25) is 5.91 Å². The molecule has 9 saturated heterocycles. The molecule has 1 amide bonds. The molecule has 10 aliphatic rings. The Morgan fingerprint density at radius 1 is 0.375 bits per heavy atom. The third kappa shape index (κ3) is 34.3. The van der Waals surface area contributed by atoms with Crippen molar-refractivity contribution in [3.8, 4) is 0 Å². The van der Waals surface area contributed by atoms with Gasteiger partial charge < -0.3 is 43.6 Å². The second-order valence-corrected chi connectivity index (χ2v) is 35.4. The molecule has 14 heteroatoms. The first kappa shape index (κ1) is 88.9. The zero-order chi connectivity index (χ0) is 71.5. The lowest BCUT2D eigenvalue weighted by Gasteiger charge is -2.60. The number of rotatable bonds is 25. The SMILES string of the molecule is CC(=O)N1CC2(CN(CC(C)C)C2)C1.CC(C)CN1CC2(CCC(=O)C2)C1.CCC1CCCN1CC(C)C.CC[C@@H]1CCCN1CC(C)C.CC[C@H]1CCCN1CC(C)C.COCC1CCCN1CC(C)C.COC[C@@H]1CCCN1CC(C)C.COC[C@H]1CCCN1CC(C)C. The van der Waals surface area contributed by atoms with Crippen LogP contribution in [-0.2, 0) is 23.8 Å². The Hall–Kier alpha value is -1.30. The predicted molar refractivity (Wildman–Crippen MR) is 412 cm³/mol. The Labute approximate surface area is 597 Å². The summed E-state index contributed by atoms with van der Waals surface area (Å²) in [5, 5.41) is 0. The normalized spacial score (nSPS) is 26.1. The first-order chi connectivity index (χ1) is 45.5. The van der Waals surface area contributed by atoms with E-state index in [0.29, 0.717) is 34.7 Å². The molecular weight excluding hydrogens is 1190 g/mol. The number of Topliss-reactive ketones (excluding diaryl/α,β-unsaturated/α-hetero) is 1. The summed E-state index contributed by atoms with van der Waals surface area (Å²) in [6.45, 7) is 72.5. The highest BCUT2D eigenvalue weighted by atomic mass is 16.5. The molecule has 0 N–H and O–H groups in total. The fraction of sp³-hybridized carbons (Fsp3) is 0.976. The number of methoxy groups -OCH3 is 3. The van der Waals surface area contributed by atoms with Gasteiger partial charge in [-0.2, -0.15) is 0 Å². The average Bonchev–Trinajstić information content (AvgIpc) is 1.13. The minimum Gasteiger partial charge on any atom is -0.383 e. The number of ether oxygens (including phenoxy) is 3. The van der Waals surface area contributed by atoms with E-state index in [9.17, 15) is 9.59 Å². The molecule has 0 aromatic carbocycles. The van der Waals surface area contributed by atoms with Crippen molar-refractivity contribution in [3.63, 3.8) is 0 Å². The van der Waals surface area contributed by atoms with Crippen molar-refractivity contribution < 1.29 is 23.8 Å². The molecule has 14 nitrogen and oxygen atoms in total. The molecule has 2 unspecified atom stereocenters. The van der Waals surface area contributed by atoms with Gasteiger partial charge in [0.05, 0.1) is 19.8 Å². The quantitative estimate of drug-likeness (QED) is 0.0870. The van der Waals surface area contributed by atoms with Gasteiger partial charge >= 0.3 is 0 Å². The van der Waals surface area contributed by atoms with Gasteiger partial charge in [-0.3, -0.25) is 24.3 Å². The molecule has 0 aromatic rings. The third-order valence-corrected chi connectivity index (χ3v) is 21.6. The average molecular weight is 1360 g/mol. The number of hydrogen-bond acceptors (Lipinski definition) is 13. The molecule has 10 fully saturated rings. The van der Waals surface area contributed by atoms with E-state index in [-0.39, 0.29) is 5.91 Å². The van der Waals surface area contributed by atoms with Crippen molar-refractivity contribution in [1.29, 1.82) is 0 Å². The summed E-state index contributed by atoms with van der Waals surface area (Å²) in [4.78, 5) is 44.8. The van der Waals surface area contributed by atoms with Crippen LogP contribution in [0.3, 0.4) is 0 Å². The molecule has 9 heterocycles. The lowest BCUT2D eigenvalue weighted by atomic mass is 9.72. The zero-order valence-electron chi connectivity index (χ0n) is 68.1. The lowest BCUT2D eigenvalue weighted by Crippen LogP contribution is -2.72. The molecule has 0 radical (unpaired) electrons. The summed E-state index contributed by atoms with van der Waals surface area (Å²) in [7, 11) is 5.39. The van der Waals surface area contributed by atoms with Crippen molar-refractivity contribution in [2.75, 3.05) is 172 Å². The van der Waals surface area contributed by atoms with E-state index >= 15 is 0 Å². The molecular formula is C82H165N9O5. The monoisotopic (exact) mass is 1360 g/mol. The van der Waals surface area contributed by atoms with Gasteiger partial charge in [-0.05, 0) is 189 Å². The van der Waals surface area contributed by atoms with Crippen molar-refractivity contribution in [1.82, 2.24) is 44.1 Å². The second-order valence-electron chi connectivity index (χ2n) is 35.4. The number of amides is 1. The first-order valence-electron chi connectivity index (χ1n) is 40.7. The standard InChI is InChI=1S/C11H20N2O.C11H19NO.3C10H21NO.3C10H21N/c1-9(2)4-12-5-11(6-12)7-13(8-11)10(3)14;1-9(2)6-12-7-11(8-12)4-3-10(13)5-11;3*1-9(2)7-11-6-4-5-10(11)8-12-3;3*1-4-10-6-5-7-11(10)8-9(2)3/h9H,4-8H2,1-3H3;9H,3-8H2,1-2H3;3*9-10H,4-8H2,1-3H3;3*9-10H,4-8H2,1-3H3/t;;2*10-;;2*10-;/m..10.10./s1. The highest BCUT2D eigenvalue weighted by Crippen LogP contribution is 2.44. The smallest absolute Gasteiger partial charge is 0.219 e. The van der Waals surface area contributed by atoms with Gasteiger partial charge in [-0.15, -0.1) is 0 Å². The molecule has 9 aliphatic heterocycles. The van der Waals surface area contributed by atoms with E-state index in [2.05, 4.69) is 171 Å². The Morgan fingerprint density at radius 3 is 0.823 bits per heavy atom. The van der Waals surface area contributed by atoms with Gasteiger partial charge in [0.25, 0.3) is 0 Å². The lowest BCUT2D eigenvalue weighted by molar-refractivity contribution is -0.157. The fourth-order valence-corrected chi connectivity index (χ4v) is 17.7. The summed E-state index contributed by atoms with van der Waals surface area (Å²) in [5.41, 5.74) is 0.909. The third-order valence-electron chi connectivity index (χ3n) is 21.6. The van der Waals surface area contributed by atoms with E-state index in [1.165, 1.54) is 214 Å². The van der Waals surface area contributed by atoms with E-state index in [1.54, 1.807) is 28.3 Å². The van der Waals surface area contributed by atoms with Crippen molar-refractivity contribution in [2.45, 2.75) is 290 Å². The minimum atomic E-state index is 0.234. The van der Waals surface area contributed by atoms with Crippen LogP contribution in [0.25, 0.3) is 0 Å². The van der Waals surface area contributed by atoms with Gasteiger partial charge in [-0.25, -0.2) is 0 Å². The minimum absolute atomic E-state index is 0.234. The van der Waals surface area contributed by atoms with Gasteiger partial charge in [-0.1, -0.05) is 132 Å². The summed E-state index contributed by atoms with van der Waals surface area (Å²) in [6.07, 6.45) is 23.4. The maximum absolute atomic E-state index is 11.2. The summed E-state index contributed by atoms with van der Waals surface area (Å²) in [5.74, 6) is 7.09. The van der Waals surface area contributed by atoms with Gasteiger partial charge in [0.15, 0.2) is 0 Å². The molecule has 1 aliphatic carbocycles. The van der Waals surface area contributed by atoms with Crippen LogP contribution in [0.15, 0.2) is 0 Å². The Bertz CT molecular complexity index is 1830. The topological polar surface area (TPSA) is 91.0 Å². The van der Waals surface area contributed by atoms with Crippen LogP contribution in [0.4, 0.5) is 0 Å². The first-order valence-corrected chi connectivity index (χ1v) is 40.7. The van der Waals surface area contributed by atoms with E-state index in [0.717, 1.165) is 118 Å². The molecule has 568 valence electrons. The van der Waals surface area contributed by atoms with Crippen molar-refractivity contribution in [3.05, 3.63) is 0 Å². The highest BCUT2D eigenvalue weighted by Gasteiger charge is 2.52. The molecule has 6 atom stereocenters. The van der Waals surface area contributed by atoms with Crippen LogP contribution in [0.2, 0.25) is 0 Å². The van der Waals surface area contributed by atoms with Crippen LogP contribution in [0.1, 0.15) is 254 Å². The summed E-state index contributed by atoms with van der Waals surface area (Å²) >= 11 is 0. The number of carbonyl (C=O) groups excluding carboxylic acids is 2. The number of nitrogens with zero attached hydrogens (tertiary/aromatic N) is 9. The van der Waals surface area contributed by atoms with E-state index in [1.807, 2.05) is 4.90 Å². The number of carbonyl (C=O) groups is 2. The maximum atomic E-state index is 11.2. The van der Waals surface area contributed by atoms with Gasteiger partial charge in [0, 0.05) is 180 Å². The summed E-state index contributed by atoms with van der Waals surface area (Å²) < 4.78 is 15.6. The molecule has 96 heavy (non-hydrogen) atoms.